The highest BCUT2D eigenvalue weighted by Crippen LogP contribution is 2.25. The third kappa shape index (κ3) is 5.46. The van der Waals surface area contributed by atoms with Crippen LogP contribution in [0.3, 0.4) is 0 Å². The number of amides is 2. The maximum absolute atomic E-state index is 11.9. The van der Waals surface area contributed by atoms with Crippen molar-refractivity contribution in [3.8, 4) is 11.5 Å². The number of hydrogen-bond donors (Lipinski definition) is 1. The van der Waals surface area contributed by atoms with E-state index in [4.69, 9.17) is 14.2 Å². The number of aryl methyl sites for hydroxylation is 1. The second-order valence-electron chi connectivity index (χ2n) is 5.43. The number of benzene rings is 1. The summed E-state index contributed by atoms with van der Waals surface area (Å²) in [5, 5.41) is 2.15. The third-order valence-electron chi connectivity index (χ3n) is 3.61. The van der Waals surface area contributed by atoms with Gasteiger partial charge in [-0.3, -0.25) is 14.9 Å². The summed E-state index contributed by atoms with van der Waals surface area (Å²) in [6.07, 6.45) is 4.34. The summed E-state index contributed by atoms with van der Waals surface area (Å²) in [7, 11) is 4.71. The maximum atomic E-state index is 11.9. The molecular weight excluding hydrogens is 352 g/mol. The first-order chi connectivity index (χ1) is 12.9. The molecule has 0 saturated carbocycles. The molecule has 0 aliphatic carbocycles. The van der Waals surface area contributed by atoms with E-state index in [0.717, 1.165) is 6.08 Å². The van der Waals surface area contributed by atoms with Gasteiger partial charge in [-0.25, -0.2) is 4.79 Å². The van der Waals surface area contributed by atoms with Crippen LogP contribution < -0.4 is 14.8 Å². The van der Waals surface area contributed by atoms with E-state index in [0.29, 0.717) is 22.8 Å². The Kier molecular flexibility index (Phi) is 6.76. The van der Waals surface area contributed by atoms with Crippen LogP contribution in [0.2, 0.25) is 0 Å². The van der Waals surface area contributed by atoms with Crippen LogP contribution in [0.25, 0.3) is 6.08 Å². The molecule has 0 radical (unpaired) electrons. The first kappa shape index (κ1) is 19.8. The number of aromatic nitrogens is 1. The van der Waals surface area contributed by atoms with Gasteiger partial charge in [0.1, 0.15) is 17.2 Å². The highest BCUT2D eigenvalue weighted by atomic mass is 16.5. The largest absolute Gasteiger partial charge is 0.497 e. The molecular formula is C19H20N2O6. The molecule has 1 aromatic heterocycles. The quantitative estimate of drug-likeness (QED) is 0.585. The monoisotopic (exact) mass is 372 g/mol. The van der Waals surface area contributed by atoms with E-state index >= 15 is 0 Å². The molecule has 2 amide bonds. The van der Waals surface area contributed by atoms with Gasteiger partial charge in [0.05, 0.1) is 14.2 Å². The molecule has 1 aromatic carbocycles. The molecule has 1 heterocycles. The van der Waals surface area contributed by atoms with E-state index in [9.17, 15) is 14.4 Å². The van der Waals surface area contributed by atoms with Crippen molar-refractivity contribution in [1.82, 2.24) is 9.88 Å². The summed E-state index contributed by atoms with van der Waals surface area (Å²) in [6, 6.07) is 8.35. The standard InChI is InChI=1S/C19H20N2O6/c1-21-10-4-5-15(21)19(24)20-17(22)12-27-18(23)9-7-13-6-8-14(25-2)11-16(13)26-3/h4-11H,12H2,1-3H3,(H,20,22,24)/b9-7+. The summed E-state index contributed by atoms with van der Waals surface area (Å²) in [5.74, 6) is -0.878. The number of esters is 1. The Balaban J connectivity index is 1.87. The van der Waals surface area contributed by atoms with Crippen molar-refractivity contribution in [2.24, 2.45) is 7.05 Å². The number of carbonyl (C=O) groups excluding carboxylic acids is 3. The molecule has 0 fully saturated rings. The van der Waals surface area contributed by atoms with Gasteiger partial charge >= 0.3 is 5.97 Å². The van der Waals surface area contributed by atoms with Crippen LogP contribution in [0.1, 0.15) is 16.1 Å². The van der Waals surface area contributed by atoms with E-state index in [1.165, 1.54) is 20.3 Å². The summed E-state index contributed by atoms with van der Waals surface area (Å²) >= 11 is 0. The normalized spacial score (nSPS) is 10.5. The van der Waals surface area contributed by atoms with Gasteiger partial charge in [-0.15, -0.1) is 0 Å². The van der Waals surface area contributed by atoms with Gasteiger partial charge in [0, 0.05) is 31.0 Å². The number of methoxy groups -OCH3 is 2. The van der Waals surface area contributed by atoms with Crippen LogP contribution in [-0.4, -0.2) is 43.2 Å². The summed E-state index contributed by atoms with van der Waals surface area (Å²) in [6.45, 7) is -0.570. The number of imide groups is 1. The van der Waals surface area contributed by atoms with E-state index in [1.807, 2.05) is 0 Å². The maximum Gasteiger partial charge on any atom is 0.331 e. The molecule has 8 heteroatoms. The zero-order chi connectivity index (χ0) is 19.8. The van der Waals surface area contributed by atoms with Crippen LogP contribution >= 0.6 is 0 Å². The molecule has 0 atom stereocenters. The molecule has 0 bridgehead atoms. The molecule has 2 rings (SSSR count). The molecule has 0 aliphatic rings. The minimum Gasteiger partial charge on any atom is -0.497 e. The lowest BCUT2D eigenvalue weighted by atomic mass is 10.2. The first-order valence-electron chi connectivity index (χ1n) is 7.97. The second-order valence-corrected chi connectivity index (χ2v) is 5.43. The van der Waals surface area contributed by atoms with Crippen LogP contribution in [0.15, 0.2) is 42.6 Å². The fourth-order valence-corrected chi connectivity index (χ4v) is 2.22. The molecule has 142 valence electrons. The van der Waals surface area contributed by atoms with Crippen molar-refractivity contribution in [1.29, 1.82) is 0 Å². The fraction of sp³-hybridized carbons (Fsp3) is 0.211. The van der Waals surface area contributed by atoms with Crippen molar-refractivity contribution < 1.29 is 28.6 Å². The van der Waals surface area contributed by atoms with Crippen LogP contribution in [-0.2, 0) is 21.4 Å². The molecule has 0 aliphatic heterocycles. The molecule has 0 unspecified atom stereocenters. The Morgan fingerprint density at radius 1 is 1.15 bits per heavy atom. The minimum atomic E-state index is -0.727. The van der Waals surface area contributed by atoms with E-state index in [-0.39, 0.29) is 0 Å². The Bertz CT molecular complexity index is 869. The van der Waals surface area contributed by atoms with Gasteiger partial charge in [0.2, 0.25) is 0 Å². The number of nitrogens with one attached hydrogen (secondary N) is 1. The van der Waals surface area contributed by atoms with Crippen molar-refractivity contribution in [3.05, 3.63) is 53.9 Å². The van der Waals surface area contributed by atoms with Gasteiger partial charge < -0.3 is 18.8 Å². The highest BCUT2D eigenvalue weighted by Gasteiger charge is 2.13. The second kappa shape index (κ2) is 9.23. The van der Waals surface area contributed by atoms with E-state index in [1.54, 1.807) is 48.1 Å². The lowest BCUT2D eigenvalue weighted by Gasteiger charge is -2.07. The predicted octanol–water partition coefficient (Wildman–Crippen LogP) is 1.56. The van der Waals surface area contributed by atoms with Crippen molar-refractivity contribution in [2.75, 3.05) is 20.8 Å². The van der Waals surface area contributed by atoms with Crippen molar-refractivity contribution in [3.63, 3.8) is 0 Å². The first-order valence-corrected chi connectivity index (χ1v) is 7.97. The number of rotatable bonds is 7. The SMILES string of the molecule is COc1ccc(/C=C/C(=O)OCC(=O)NC(=O)c2cccn2C)c(OC)c1. The van der Waals surface area contributed by atoms with Crippen molar-refractivity contribution in [2.45, 2.75) is 0 Å². The average molecular weight is 372 g/mol. The summed E-state index contributed by atoms with van der Waals surface area (Å²) < 4.78 is 16.7. The van der Waals surface area contributed by atoms with Crippen LogP contribution in [0, 0.1) is 0 Å². The number of nitrogens with zero attached hydrogens (tertiary/aromatic N) is 1. The molecule has 0 saturated heterocycles. The predicted molar refractivity (Wildman–Crippen MR) is 97.4 cm³/mol. The topological polar surface area (TPSA) is 95.9 Å². The molecule has 0 spiro atoms. The Hall–Kier alpha value is -3.55. The van der Waals surface area contributed by atoms with E-state index < -0.39 is 24.4 Å². The van der Waals surface area contributed by atoms with Gasteiger partial charge in [-0.2, -0.15) is 0 Å². The molecule has 1 N–H and O–H groups in total. The highest BCUT2D eigenvalue weighted by molar-refractivity contribution is 6.04. The Morgan fingerprint density at radius 2 is 1.93 bits per heavy atom. The lowest BCUT2D eigenvalue weighted by Crippen LogP contribution is -2.34. The van der Waals surface area contributed by atoms with Gasteiger partial charge in [0.25, 0.3) is 11.8 Å². The van der Waals surface area contributed by atoms with Gasteiger partial charge in [-0.1, -0.05) is 0 Å². The van der Waals surface area contributed by atoms with Crippen LogP contribution in [0.5, 0.6) is 11.5 Å². The number of carbonyl (C=O) groups is 3. The fourth-order valence-electron chi connectivity index (χ4n) is 2.22. The smallest absolute Gasteiger partial charge is 0.331 e. The summed E-state index contributed by atoms with van der Waals surface area (Å²) in [4.78, 5) is 35.4. The van der Waals surface area contributed by atoms with Gasteiger partial charge in [0.15, 0.2) is 6.61 Å². The zero-order valence-electron chi connectivity index (χ0n) is 15.2. The van der Waals surface area contributed by atoms with Crippen molar-refractivity contribution >= 4 is 23.9 Å². The van der Waals surface area contributed by atoms with Gasteiger partial charge in [-0.05, 0) is 30.3 Å². The molecule has 27 heavy (non-hydrogen) atoms. The molecule has 2 aromatic rings. The zero-order valence-corrected chi connectivity index (χ0v) is 15.2. The van der Waals surface area contributed by atoms with Crippen LogP contribution in [0.4, 0.5) is 0 Å². The lowest BCUT2D eigenvalue weighted by molar-refractivity contribution is -0.143. The third-order valence-corrected chi connectivity index (χ3v) is 3.61. The summed E-state index contributed by atoms with van der Waals surface area (Å²) in [5.41, 5.74) is 0.958. The average Bonchev–Trinajstić information content (AvgIpc) is 3.10. The number of ether oxygens (including phenoxy) is 3. The minimum absolute atomic E-state index is 0.321. The Morgan fingerprint density at radius 3 is 2.56 bits per heavy atom. The molecule has 8 nitrogen and oxygen atoms in total. The Labute approximate surface area is 156 Å². The van der Waals surface area contributed by atoms with E-state index in [2.05, 4.69) is 5.32 Å². The number of hydrogen-bond acceptors (Lipinski definition) is 6.